The zero-order chi connectivity index (χ0) is 27.4. The summed E-state index contributed by atoms with van der Waals surface area (Å²) in [6.07, 6.45) is 8.90. The van der Waals surface area contributed by atoms with E-state index in [-0.39, 0.29) is 34.5 Å². The van der Waals surface area contributed by atoms with E-state index in [9.17, 15) is 20.1 Å². The Balaban J connectivity index is 1.48. The number of aromatic amines is 1. The lowest BCUT2D eigenvalue weighted by Crippen LogP contribution is -2.51. The largest absolute Gasteiger partial charge is 0.293 e. The lowest BCUT2D eigenvalue weighted by atomic mass is 9.52. The van der Waals surface area contributed by atoms with Crippen LogP contribution >= 0.6 is 0 Å². The SMILES string of the molecule is CC1(C)C(=O)C(C#N)=CC2(C)c3nn(-c4n[nH]c5c4CCC4C(C)(C)C(=O)C(C#N)=CC54C)cc3CCC12. The molecule has 0 spiro atoms. The van der Waals surface area contributed by atoms with Crippen molar-refractivity contribution in [3.8, 4) is 18.0 Å². The molecule has 2 aromatic rings. The molecule has 0 aromatic carbocycles. The van der Waals surface area contributed by atoms with Gasteiger partial charge < -0.3 is 0 Å². The van der Waals surface area contributed by atoms with Crippen molar-refractivity contribution >= 4 is 11.6 Å². The van der Waals surface area contributed by atoms with Crippen LogP contribution in [0.3, 0.4) is 0 Å². The van der Waals surface area contributed by atoms with Crippen LogP contribution in [0.25, 0.3) is 5.82 Å². The van der Waals surface area contributed by atoms with Gasteiger partial charge in [-0.3, -0.25) is 14.7 Å². The molecule has 6 rings (SSSR count). The molecule has 0 saturated heterocycles. The topological polar surface area (TPSA) is 128 Å². The van der Waals surface area contributed by atoms with Crippen molar-refractivity contribution in [2.24, 2.45) is 22.7 Å². The van der Waals surface area contributed by atoms with E-state index < -0.39 is 21.7 Å². The number of hydrogen-bond acceptors (Lipinski definition) is 6. The summed E-state index contributed by atoms with van der Waals surface area (Å²) in [5.41, 5.74) is 2.05. The van der Waals surface area contributed by atoms with Crippen LogP contribution < -0.4 is 0 Å². The highest BCUT2D eigenvalue weighted by Gasteiger charge is 2.56. The van der Waals surface area contributed by atoms with Gasteiger partial charge in [0.25, 0.3) is 0 Å². The molecule has 0 aliphatic heterocycles. The lowest BCUT2D eigenvalue weighted by Gasteiger charge is -2.49. The predicted molar refractivity (Wildman–Crippen MR) is 139 cm³/mol. The average molecular weight is 509 g/mol. The highest BCUT2D eigenvalue weighted by Crippen LogP contribution is 2.56. The lowest BCUT2D eigenvalue weighted by molar-refractivity contribution is -0.129. The minimum Gasteiger partial charge on any atom is -0.293 e. The van der Waals surface area contributed by atoms with Crippen LogP contribution in [-0.4, -0.2) is 31.5 Å². The first-order chi connectivity index (χ1) is 17.8. The van der Waals surface area contributed by atoms with E-state index in [0.29, 0.717) is 0 Å². The van der Waals surface area contributed by atoms with E-state index in [4.69, 9.17) is 10.2 Å². The van der Waals surface area contributed by atoms with Crippen molar-refractivity contribution < 1.29 is 9.59 Å². The molecule has 38 heavy (non-hydrogen) atoms. The van der Waals surface area contributed by atoms with Crippen molar-refractivity contribution in [1.82, 2.24) is 20.0 Å². The van der Waals surface area contributed by atoms with Gasteiger partial charge >= 0.3 is 0 Å². The zero-order valence-corrected chi connectivity index (χ0v) is 22.8. The number of aromatic nitrogens is 4. The van der Waals surface area contributed by atoms with Crippen molar-refractivity contribution in [2.75, 3.05) is 0 Å². The maximum Gasteiger partial charge on any atom is 0.178 e. The Morgan fingerprint density at radius 3 is 2.05 bits per heavy atom. The smallest absolute Gasteiger partial charge is 0.178 e. The van der Waals surface area contributed by atoms with E-state index in [0.717, 1.165) is 54.0 Å². The number of hydrogen-bond donors (Lipinski definition) is 1. The molecular formula is C30H32N6O2. The summed E-state index contributed by atoms with van der Waals surface area (Å²) < 4.78 is 1.84. The summed E-state index contributed by atoms with van der Waals surface area (Å²) >= 11 is 0. The Kier molecular flexibility index (Phi) is 4.79. The number of Topliss-reactive ketones (excluding diaryl/α,β-unsaturated/α-hetero) is 2. The van der Waals surface area contributed by atoms with E-state index in [1.54, 1.807) is 0 Å². The number of aryl methyl sites for hydroxylation is 1. The van der Waals surface area contributed by atoms with Crippen molar-refractivity contribution in [3.05, 3.63) is 52.0 Å². The van der Waals surface area contributed by atoms with Gasteiger partial charge in [-0.1, -0.05) is 53.7 Å². The summed E-state index contributed by atoms with van der Waals surface area (Å²) in [5.74, 6) is 0.633. The molecule has 8 nitrogen and oxygen atoms in total. The molecule has 194 valence electrons. The van der Waals surface area contributed by atoms with Crippen molar-refractivity contribution in [2.45, 2.75) is 78.1 Å². The normalized spacial score (nSPS) is 32.5. The molecule has 2 heterocycles. The standard InChI is InChI=1S/C30H32N6O2/c1-27(2)20-9-7-16-15-36(35-22(16)29(20,5)11-17(13-31)24(27)37)26-19-8-10-21-28(3,4)25(38)18(14-32)12-30(21,6)23(19)33-34-26/h11-12,15,20-21H,7-10H2,1-6H3,(H,33,34). The molecule has 0 radical (unpaired) electrons. The summed E-state index contributed by atoms with van der Waals surface area (Å²) in [6, 6.07) is 4.26. The molecule has 4 aliphatic carbocycles. The highest BCUT2D eigenvalue weighted by atomic mass is 16.1. The third-order valence-corrected chi connectivity index (χ3v) is 10.3. The van der Waals surface area contributed by atoms with Crippen molar-refractivity contribution in [3.63, 3.8) is 0 Å². The third kappa shape index (κ3) is 2.84. The Morgan fingerprint density at radius 1 is 0.895 bits per heavy atom. The number of carbonyl (C=O) groups excluding carboxylic acids is 2. The Hall–Kier alpha value is -3.78. The summed E-state index contributed by atoms with van der Waals surface area (Å²) in [4.78, 5) is 26.0. The zero-order valence-electron chi connectivity index (χ0n) is 22.8. The predicted octanol–water partition coefficient (Wildman–Crippen LogP) is 4.35. The van der Waals surface area contributed by atoms with E-state index in [1.165, 1.54) is 0 Å². The number of nitrogens with zero attached hydrogens (tertiary/aromatic N) is 5. The number of nitrogens with one attached hydrogen (secondary N) is 1. The molecule has 8 heteroatoms. The first-order valence-corrected chi connectivity index (χ1v) is 13.3. The van der Waals surface area contributed by atoms with Crippen LogP contribution in [-0.2, 0) is 33.3 Å². The molecule has 1 N–H and O–H groups in total. The summed E-state index contributed by atoms with van der Waals surface area (Å²) in [7, 11) is 0. The second kappa shape index (κ2) is 7.41. The van der Waals surface area contributed by atoms with Gasteiger partial charge in [0.2, 0.25) is 0 Å². The molecule has 0 bridgehead atoms. The molecule has 2 aromatic heterocycles. The van der Waals surface area contributed by atoms with Crippen LogP contribution in [0.1, 0.15) is 76.9 Å². The fourth-order valence-electron chi connectivity index (χ4n) is 8.38. The highest BCUT2D eigenvalue weighted by molar-refractivity contribution is 6.05. The molecular weight excluding hydrogens is 476 g/mol. The number of H-pyrrole nitrogens is 1. The van der Waals surface area contributed by atoms with Gasteiger partial charge in [0.1, 0.15) is 12.1 Å². The molecule has 0 saturated carbocycles. The first kappa shape index (κ1) is 24.6. The fourth-order valence-corrected chi connectivity index (χ4v) is 8.38. The van der Waals surface area contributed by atoms with Crippen LogP contribution in [0, 0.1) is 45.3 Å². The summed E-state index contributed by atoms with van der Waals surface area (Å²) in [5, 5.41) is 32.5. The summed E-state index contributed by atoms with van der Waals surface area (Å²) in [6.45, 7) is 12.0. The molecule has 4 aliphatic rings. The van der Waals surface area contributed by atoms with Crippen molar-refractivity contribution in [1.29, 1.82) is 10.5 Å². The minimum atomic E-state index is -0.652. The van der Waals surface area contributed by atoms with Crippen LogP contribution in [0.4, 0.5) is 0 Å². The van der Waals surface area contributed by atoms with Crippen LogP contribution in [0.5, 0.6) is 0 Å². The molecule has 4 atom stereocenters. The van der Waals surface area contributed by atoms with Gasteiger partial charge in [-0.2, -0.15) is 20.7 Å². The minimum absolute atomic E-state index is 0.0414. The fraction of sp³-hybridized carbons (Fsp3) is 0.533. The Bertz CT molecular complexity index is 1580. The number of allylic oxidation sites excluding steroid dienone is 4. The second-order valence-corrected chi connectivity index (χ2v) is 13.0. The van der Waals surface area contributed by atoms with E-state index >= 15 is 0 Å². The maximum atomic E-state index is 13.0. The quantitative estimate of drug-likeness (QED) is 0.610. The number of fused-ring (bicyclic) bond motifs is 6. The monoisotopic (exact) mass is 508 g/mol. The van der Waals surface area contributed by atoms with Gasteiger partial charge in [-0.25, -0.2) is 4.68 Å². The van der Waals surface area contributed by atoms with Crippen LogP contribution in [0.2, 0.25) is 0 Å². The number of carbonyl (C=O) groups is 2. The maximum absolute atomic E-state index is 13.0. The number of rotatable bonds is 1. The Labute approximate surface area is 222 Å². The Morgan fingerprint density at radius 2 is 1.45 bits per heavy atom. The van der Waals surface area contributed by atoms with Gasteiger partial charge in [-0.15, -0.1) is 0 Å². The number of nitriles is 2. The third-order valence-electron chi connectivity index (χ3n) is 10.3. The molecule has 4 unspecified atom stereocenters. The van der Waals surface area contributed by atoms with E-state index in [1.807, 2.05) is 50.7 Å². The average Bonchev–Trinajstić information content (AvgIpc) is 3.49. The van der Waals surface area contributed by atoms with Gasteiger partial charge in [-0.05, 0) is 43.1 Å². The first-order valence-electron chi connectivity index (χ1n) is 13.3. The van der Waals surface area contributed by atoms with Gasteiger partial charge in [0.05, 0.1) is 22.5 Å². The van der Waals surface area contributed by atoms with Gasteiger partial charge in [0, 0.05) is 33.4 Å². The molecule has 0 fully saturated rings. The van der Waals surface area contributed by atoms with Crippen LogP contribution in [0.15, 0.2) is 29.5 Å². The van der Waals surface area contributed by atoms with E-state index in [2.05, 4.69) is 31.1 Å². The molecule has 0 amide bonds. The number of ketones is 2. The van der Waals surface area contributed by atoms with Gasteiger partial charge in [0.15, 0.2) is 17.4 Å². The second-order valence-electron chi connectivity index (χ2n) is 13.0.